The molecule has 0 aliphatic heterocycles. The maximum absolute atomic E-state index is 14.4. The first-order chi connectivity index (χ1) is 11.8. The van der Waals surface area contributed by atoms with Crippen LogP contribution in [0.4, 0.5) is 4.39 Å². The molecule has 3 rings (SSSR count). The van der Waals surface area contributed by atoms with Crippen molar-refractivity contribution >= 4 is 32.9 Å². The maximum Gasteiger partial charge on any atom is 0.342 e. The lowest BCUT2D eigenvalue weighted by Crippen LogP contribution is -2.24. The smallest absolute Gasteiger partial charge is 0.342 e. The number of benzene rings is 2. The van der Waals surface area contributed by atoms with Gasteiger partial charge in [0.2, 0.25) is 0 Å². The van der Waals surface area contributed by atoms with Crippen LogP contribution >= 0.6 is 15.9 Å². The third-order valence-corrected chi connectivity index (χ3v) is 4.26. The number of rotatable bonds is 3. The Morgan fingerprint density at radius 2 is 1.96 bits per heavy atom. The number of furan rings is 1. The van der Waals surface area contributed by atoms with Gasteiger partial charge in [-0.1, -0.05) is 34.1 Å². The van der Waals surface area contributed by atoms with Gasteiger partial charge in [-0.05, 0) is 50.6 Å². The number of esters is 1. The molecule has 0 saturated heterocycles. The topological polar surface area (TPSA) is 39.4 Å². The molecule has 5 heteroatoms. The standard InChI is InChI=1S/C20H18BrFO3/c1-20(2,3)25-19(23)18-14(5-4-6-15(18)22)17-10-13-9-12(11-21)7-8-16(13)24-17/h4-10H,11H2,1-3H3. The molecule has 0 aliphatic rings. The number of alkyl halides is 1. The van der Waals surface area contributed by atoms with E-state index in [1.807, 2.05) is 24.3 Å². The molecule has 0 bridgehead atoms. The third kappa shape index (κ3) is 3.76. The van der Waals surface area contributed by atoms with Gasteiger partial charge in [0.25, 0.3) is 0 Å². The zero-order valence-corrected chi connectivity index (χ0v) is 15.8. The quantitative estimate of drug-likeness (QED) is 0.391. The Morgan fingerprint density at radius 1 is 1.20 bits per heavy atom. The van der Waals surface area contributed by atoms with Gasteiger partial charge >= 0.3 is 5.97 Å². The third-order valence-electron chi connectivity index (χ3n) is 3.62. The van der Waals surface area contributed by atoms with E-state index < -0.39 is 17.4 Å². The van der Waals surface area contributed by atoms with E-state index in [-0.39, 0.29) is 5.56 Å². The lowest BCUT2D eigenvalue weighted by Gasteiger charge is -2.20. The largest absolute Gasteiger partial charge is 0.456 e. The molecule has 0 amide bonds. The highest BCUT2D eigenvalue weighted by Gasteiger charge is 2.25. The first kappa shape index (κ1) is 17.7. The molecule has 3 nitrogen and oxygen atoms in total. The van der Waals surface area contributed by atoms with Gasteiger partial charge in [-0.3, -0.25) is 0 Å². The first-order valence-electron chi connectivity index (χ1n) is 7.89. The molecular weight excluding hydrogens is 387 g/mol. The number of carbonyl (C=O) groups excluding carboxylic acids is 1. The second kappa shape index (κ2) is 6.64. The average Bonchev–Trinajstić information content (AvgIpc) is 2.95. The zero-order valence-electron chi connectivity index (χ0n) is 14.2. The summed E-state index contributed by atoms with van der Waals surface area (Å²) in [4.78, 5) is 12.5. The number of fused-ring (bicyclic) bond motifs is 1. The fraction of sp³-hybridized carbons (Fsp3) is 0.250. The molecule has 3 aromatic rings. The van der Waals surface area contributed by atoms with Crippen LogP contribution in [0.15, 0.2) is 46.9 Å². The van der Waals surface area contributed by atoms with Crippen LogP contribution in [0.25, 0.3) is 22.3 Å². The summed E-state index contributed by atoms with van der Waals surface area (Å²) in [5.74, 6) is -0.905. The lowest BCUT2D eigenvalue weighted by molar-refractivity contribution is 0.00655. The Hall–Kier alpha value is -2.14. The van der Waals surface area contributed by atoms with Crippen molar-refractivity contribution in [3.63, 3.8) is 0 Å². The van der Waals surface area contributed by atoms with E-state index in [2.05, 4.69) is 15.9 Å². The van der Waals surface area contributed by atoms with Gasteiger partial charge in [0, 0.05) is 16.3 Å². The number of hydrogen-bond donors (Lipinski definition) is 0. The predicted molar refractivity (Wildman–Crippen MR) is 99.4 cm³/mol. The van der Waals surface area contributed by atoms with Crippen molar-refractivity contribution in [1.29, 1.82) is 0 Å². The van der Waals surface area contributed by atoms with Crippen LogP contribution in [0.3, 0.4) is 0 Å². The van der Waals surface area contributed by atoms with E-state index in [9.17, 15) is 9.18 Å². The van der Waals surface area contributed by atoms with E-state index in [4.69, 9.17) is 9.15 Å². The van der Waals surface area contributed by atoms with Gasteiger partial charge < -0.3 is 9.15 Å². The van der Waals surface area contributed by atoms with Gasteiger partial charge in [-0.2, -0.15) is 0 Å². The fourth-order valence-corrected chi connectivity index (χ4v) is 2.92. The molecule has 0 radical (unpaired) electrons. The maximum atomic E-state index is 14.4. The molecule has 0 N–H and O–H groups in total. The van der Waals surface area contributed by atoms with Gasteiger partial charge in [0.15, 0.2) is 0 Å². The molecule has 0 unspecified atom stereocenters. The SMILES string of the molecule is CC(C)(C)OC(=O)c1c(F)cccc1-c1cc2cc(CBr)ccc2o1. The summed E-state index contributed by atoms with van der Waals surface area (Å²) in [5, 5.41) is 1.62. The highest BCUT2D eigenvalue weighted by molar-refractivity contribution is 9.08. The molecule has 1 aromatic heterocycles. The Labute approximate surface area is 153 Å². The van der Waals surface area contributed by atoms with Crippen LogP contribution < -0.4 is 0 Å². The molecule has 1 heterocycles. The van der Waals surface area contributed by atoms with Crippen molar-refractivity contribution in [1.82, 2.24) is 0 Å². The Kier molecular flexibility index (Phi) is 4.69. The number of carbonyl (C=O) groups is 1. The zero-order chi connectivity index (χ0) is 18.2. The molecule has 130 valence electrons. The van der Waals surface area contributed by atoms with Gasteiger partial charge in [0.05, 0.1) is 0 Å². The highest BCUT2D eigenvalue weighted by atomic mass is 79.9. The Morgan fingerprint density at radius 3 is 2.64 bits per heavy atom. The second-order valence-electron chi connectivity index (χ2n) is 6.78. The minimum atomic E-state index is -0.713. The normalized spacial score (nSPS) is 11.7. The summed E-state index contributed by atoms with van der Waals surface area (Å²) in [7, 11) is 0. The summed E-state index contributed by atoms with van der Waals surface area (Å²) < 4.78 is 25.6. The molecule has 0 fully saturated rings. The Balaban J connectivity index is 2.11. The molecular formula is C20H18BrFO3. The summed E-state index contributed by atoms with van der Waals surface area (Å²) in [6.07, 6.45) is 0. The van der Waals surface area contributed by atoms with Crippen molar-refractivity contribution in [2.75, 3.05) is 0 Å². The van der Waals surface area contributed by atoms with E-state index in [1.165, 1.54) is 6.07 Å². The average molecular weight is 405 g/mol. The van der Waals surface area contributed by atoms with Crippen LogP contribution in [0.5, 0.6) is 0 Å². The second-order valence-corrected chi connectivity index (χ2v) is 7.34. The molecule has 0 atom stereocenters. The van der Waals surface area contributed by atoms with E-state index in [1.54, 1.807) is 32.9 Å². The van der Waals surface area contributed by atoms with Crippen LogP contribution in [0.1, 0.15) is 36.7 Å². The molecule has 0 saturated carbocycles. The summed E-state index contributed by atoms with van der Waals surface area (Å²) >= 11 is 3.42. The lowest BCUT2D eigenvalue weighted by atomic mass is 10.0. The van der Waals surface area contributed by atoms with Crippen molar-refractivity contribution < 1.29 is 18.3 Å². The summed E-state index contributed by atoms with van der Waals surface area (Å²) in [5.41, 5.74) is 1.34. The molecule has 25 heavy (non-hydrogen) atoms. The van der Waals surface area contributed by atoms with Gasteiger partial charge in [-0.15, -0.1) is 0 Å². The molecule has 0 aliphatic carbocycles. The summed E-state index contributed by atoms with van der Waals surface area (Å²) in [6.45, 7) is 5.23. The van der Waals surface area contributed by atoms with Crippen molar-refractivity contribution in [3.05, 3.63) is 59.4 Å². The van der Waals surface area contributed by atoms with Crippen LogP contribution in [-0.2, 0) is 10.1 Å². The predicted octanol–water partition coefficient (Wildman–Crippen LogP) is 6.09. The number of ether oxygens (including phenoxy) is 1. The van der Waals surface area contributed by atoms with E-state index >= 15 is 0 Å². The van der Waals surface area contributed by atoms with Gasteiger partial charge in [-0.25, -0.2) is 9.18 Å². The minimum absolute atomic E-state index is 0.114. The van der Waals surface area contributed by atoms with Crippen molar-refractivity contribution in [3.8, 4) is 11.3 Å². The van der Waals surface area contributed by atoms with Crippen LogP contribution in [-0.4, -0.2) is 11.6 Å². The van der Waals surface area contributed by atoms with E-state index in [0.717, 1.165) is 16.3 Å². The van der Waals surface area contributed by atoms with Crippen molar-refractivity contribution in [2.45, 2.75) is 31.7 Å². The number of halogens is 2. The van der Waals surface area contributed by atoms with Gasteiger partial charge in [0.1, 0.15) is 28.3 Å². The van der Waals surface area contributed by atoms with Crippen molar-refractivity contribution in [2.24, 2.45) is 0 Å². The fourth-order valence-electron chi connectivity index (χ4n) is 2.57. The monoisotopic (exact) mass is 404 g/mol. The van der Waals surface area contributed by atoms with Crippen LogP contribution in [0.2, 0.25) is 0 Å². The molecule has 2 aromatic carbocycles. The highest BCUT2D eigenvalue weighted by Crippen LogP contribution is 2.33. The van der Waals surface area contributed by atoms with E-state index in [0.29, 0.717) is 16.9 Å². The molecule has 0 spiro atoms. The number of hydrogen-bond acceptors (Lipinski definition) is 3. The van der Waals surface area contributed by atoms with Crippen LogP contribution in [0, 0.1) is 5.82 Å². The Bertz CT molecular complexity index is 938. The minimum Gasteiger partial charge on any atom is -0.456 e. The summed E-state index contributed by atoms with van der Waals surface area (Å²) in [6, 6.07) is 12.1. The first-order valence-corrected chi connectivity index (χ1v) is 9.01.